The summed E-state index contributed by atoms with van der Waals surface area (Å²) >= 11 is 0. The maximum absolute atomic E-state index is 11.2. The molecule has 0 bridgehead atoms. The van der Waals surface area contributed by atoms with E-state index in [0.717, 1.165) is 11.1 Å². The maximum Gasteiger partial charge on any atom is 0.252 e. The lowest BCUT2D eigenvalue weighted by molar-refractivity contribution is 0.0958. The Morgan fingerprint density at radius 1 is 1.64 bits per heavy atom. The van der Waals surface area contributed by atoms with E-state index in [1.54, 1.807) is 12.1 Å². The molecule has 0 fully saturated rings. The van der Waals surface area contributed by atoms with Gasteiger partial charge in [-0.3, -0.25) is 4.79 Å². The molecule has 1 aromatic carbocycles. The Morgan fingerprint density at radius 2 is 2.45 bits per heavy atom. The van der Waals surface area contributed by atoms with Crippen molar-refractivity contribution in [2.45, 2.75) is 13.0 Å². The number of carbonyl (C=O) groups is 1. The smallest absolute Gasteiger partial charge is 0.252 e. The van der Waals surface area contributed by atoms with Crippen LogP contribution in [0.25, 0.3) is 0 Å². The van der Waals surface area contributed by atoms with E-state index in [1.807, 2.05) is 13.0 Å². The average molecular weight is 146 g/mol. The van der Waals surface area contributed by atoms with Gasteiger partial charge in [0.25, 0.3) is 5.91 Å². The summed E-state index contributed by atoms with van der Waals surface area (Å²) in [4.78, 5) is 11.2. The number of rotatable bonds is 0. The fourth-order valence-corrected chi connectivity index (χ4v) is 1.36. The summed E-state index contributed by atoms with van der Waals surface area (Å²) in [5.41, 5.74) is 1.84. The molecule has 0 aliphatic carbocycles. The van der Waals surface area contributed by atoms with E-state index in [1.165, 1.54) is 0 Å². The largest absolute Gasteiger partial charge is 0.345 e. The number of carbonyl (C=O) groups excluding carboxylic acids is 1. The van der Waals surface area contributed by atoms with E-state index >= 15 is 0 Å². The molecule has 0 saturated heterocycles. The molecule has 0 aromatic heterocycles. The lowest BCUT2D eigenvalue weighted by Crippen LogP contribution is -2.16. The van der Waals surface area contributed by atoms with Crippen molar-refractivity contribution in [3.63, 3.8) is 0 Å². The van der Waals surface area contributed by atoms with E-state index in [2.05, 4.69) is 11.4 Å². The zero-order chi connectivity index (χ0) is 7.84. The lowest BCUT2D eigenvalue weighted by atomic mass is 10.1. The summed E-state index contributed by atoms with van der Waals surface area (Å²) in [6.45, 7) is 1.97. The summed E-state index contributed by atoms with van der Waals surface area (Å²) in [5, 5.41) is 2.82. The molecule has 1 amide bonds. The minimum atomic E-state index is 0.0292. The van der Waals surface area contributed by atoms with Crippen LogP contribution in [0.4, 0.5) is 0 Å². The van der Waals surface area contributed by atoms with Gasteiger partial charge in [0.15, 0.2) is 0 Å². The molecule has 1 atom stereocenters. The van der Waals surface area contributed by atoms with Crippen LogP contribution in [0.1, 0.15) is 28.9 Å². The van der Waals surface area contributed by atoms with Gasteiger partial charge in [-0.05, 0) is 30.7 Å². The highest BCUT2D eigenvalue weighted by Crippen LogP contribution is 2.23. The van der Waals surface area contributed by atoms with E-state index in [-0.39, 0.29) is 11.9 Å². The van der Waals surface area contributed by atoms with Crippen LogP contribution in [-0.2, 0) is 0 Å². The van der Waals surface area contributed by atoms with Gasteiger partial charge in [0, 0.05) is 5.56 Å². The summed E-state index contributed by atoms with van der Waals surface area (Å²) in [5.74, 6) is 0.0292. The molecule has 2 heteroatoms. The van der Waals surface area contributed by atoms with Crippen molar-refractivity contribution < 1.29 is 4.79 Å². The monoisotopic (exact) mass is 146 g/mol. The van der Waals surface area contributed by atoms with Crippen LogP contribution in [0, 0.1) is 6.07 Å². The van der Waals surface area contributed by atoms with E-state index in [9.17, 15) is 4.79 Å². The molecule has 1 unspecified atom stereocenters. The molecule has 0 spiro atoms. The van der Waals surface area contributed by atoms with Crippen molar-refractivity contribution >= 4 is 5.91 Å². The van der Waals surface area contributed by atoms with Gasteiger partial charge in [0.1, 0.15) is 0 Å². The molecule has 1 radical (unpaired) electrons. The first-order valence-electron chi connectivity index (χ1n) is 3.60. The van der Waals surface area contributed by atoms with Crippen molar-refractivity contribution in [1.82, 2.24) is 5.32 Å². The van der Waals surface area contributed by atoms with Gasteiger partial charge < -0.3 is 5.32 Å². The molecule has 0 saturated carbocycles. The standard InChI is InChI=1S/C9H8NO/c1-6-7-4-2-3-5-8(7)9(11)10-6/h3-6H,1H3,(H,10,11). The van der Waals surface area contributed by atoms with Gasteiger partial charge in [-0.15, -0.1) is 0 Å². The Balaban J connectivity index is 2.60. The van der Waals surface area contributed by atoms with Crippen molar-refractivity contribution in [3.8, 4) is 0 Å². The minimum absolute atomic E-state index is 0.0292. The summed E-state index contributed by atoms with van der Waals surface area (Å²) in [7, 11) is 0. The second-order valence-corrected chi connectivity index (χ2v) is 2.71. The molecular formula is C9H8NO. The zero-order valence-corrected chi connectivity index (χ0v) is 6.22. The summed E-state index contributed by atoms with van der Waals surface area (Å²) in [6.07, 6.45) is 0. The first kappa shape index (κ1) is 6.40. The molecule has 2 rings (SSSR count). The molecule has 1 heterocycles. The number of hydrogen-bond donors (Lipinski definition) is 1. The van der Waals surface area contributed by atoms with Gasteiger partial charge >= 0.3 is 0 Å². The number of fused-ring (bicyclic) bond motifs is 1. The van der Waals surface area contributed by atoms with E-state index in [4.69, 9.17) is 0 Å². The van der Waals surface area contributed by atoms with Crippen molar-refractivity contribution in [2.75, 3.05) is 0 Å². The van der Waals surface area contributed by atoms with Crippen LogP contribution in [0.15, 0.2) is 18.2 Å². The Bertz CT molecular complexity index is 306. The highest BCUT2D eigenvalue weighted by atomic mass is 16.2. The Hall–Kier alpha value is -1.31. The summed E-state index contributed by atoms with van der Waals surface area (Å²) in [6, 6.07) is 8.52. The van der Waals surface area contributed by atoms with Crippen LogP contribution in [0.5, 0.6) is 0 Å². The SMILES string of the molecule is CC1NC(=O)c2cc[c]cc21. The fourth-order valence-electron chi connectivity index (χ4n) is 1.36. The fraction of sp³-hybridized carbons (Fsp3) is 0.222. The Morgan fingerprint density at radius 3 is 3.18 bits per heavy atom. The first-order chi connectivity index (χ1) is 5.29. The minimum Gasteiger partial charge on any atom is -0.345 e. The van der Waals surface area contributed by atoms with E-state index in [0.29, 0.717) is 0 Å². The molecule has 1 aliphatic rings. The van der Waals surface area contributed by atoms with Crippen LogP contribution in [0.3, 0.4) is 0 Å². The average Bonchev–Trinajstić information content (AvgIpc) is 2.30. The molecule has 2 nitrogen and oxygen atoms in total. The molecular weight excluding hydrogens is 138 g/mol. The Labute approximate surface area is 65.2 Å². The molecule has 1 N–H and O–H groups in total. The number of hydrogen-bond acceptors (Lipinski definition) is 1. The van der Waals surface area contributed by atoms with Crippen LogP contribution < -0.4 is 5.32 Å². The highest BCUT2D eigenvalue weighted by molar-refractivity contribution is 5.98. The molecule has 1 aromatic rings. The zero-order valence-electron chi connectivity index (χ0n) is 6.22. The van der Waals surface area contributed by atoms with Crippen LogP contribution in [0.2, 0.25) is 0 Å². The van der Waals surface area contributed by atoms with Crippen molar-refractivity contribution in [1.29, 1.82) is 0 Å². The highest BCUT2D eigenvalue weighted by Gasteiger charge is 2.23. The second-order valence-electron chi connectivity index (χ2n) is 2.71. The third-order valence-corrected chi connectivity index (χ3v) is 1.95. The predicted octanol–water partition coefficient (Wildman–Crippen LogP) is 1.29. The van der Waals surface area contributed by atoms with Crippen LogP contribution in [-0.4, -0.2) is 5.91 Å². The predicted molar refractivity (Wildman–Crippen MR) is 41.2 cm³/mol. The maximum atomic E-state index is 11.2. The summed E-state index contributed by atoms with van der Waals surface area (Å²) < 4.78 is 0. The number of nitrogens with one attached hydrogen (secondary N) is 1. The first-order valence-corrected chi connectivity index (χ1v) is 3.60. The number of amides is 1. The van der Waals surface area contributed by atoms with Gasteiger partial charge in [-0.1, -0.05) is 6.07 Å². The molecule has 11 heavy (non-hydrogen) atoms. The normalized spacial score (nSPS) is 21.2. The van der Waals surface area contributed by atoms with E-state index < -0.39 is 0 Å². The molecule has 1 aliphatic heterocycles. The lowest BCUT2D eigenvalue weighted by Gasteiger charge is -2.00. The second kappa shape index (κ2) is 2.09. The third-order valence-electron chi connectivity index (χ3n) is 1.95. The molecule has 55 valence electrons. The van der Waals surface area contributed by atoms with Crippen molar-refractivity contribution in [2.24, 2.45) is 0 Å². The topological polar surface area (TPSA) is 29.1 Å². The van der Waals surface area contributed by atoms with Gasteiger partial charge in [-0.2, -0.15) is 0 Å². The quantitative estimate of drug-likeness (QED) is 0.587. The van der Waals surface area contributed by atoms with Gasteiger partial charge in [0.2, 0.25) is 0 Å². The van der Waals surface area contributed by atoms with Gasteiger partial charge in [0.05, 0.1) is 6.04 Å². The van der Waals surface area contributed by atoms with Crippen molar-refractivity contribution in [3.05, 3.63) is 35.4 Å². The Kier molecular flexibility index (Phi) is 1.22. The van der Waals surface area contributed by atoms with Gasteiger partial charge in [-0.25, -0.2) is 0 Å². The third kappa shape index (κ3) is 0.827. The van der Waals surface area contributed by atoms with Crippen LogP contribution >= 0.6 is 0 Å². The number of benzene rings is 1.